The average molecular weight is 431 g/mol. The SMILES string of the molecule is CCc1cc(OCC=C(Cl)Cl)cc(CC)c1OCCCCCCOCCC=O. The van der Waals surface area contributed by atoms with Gasteiger partial charge >= 0.3 is 0 Å². The van der Waals surface area contributed by atoms with E-state index in [4.69, 9.17) is 37.4 Å². The summed E-state index contributed by atoms with van der Waals surface area (Å²) >= 11 is 11.2. The molecule has 0 spiro atoms. The first-order chi connectivity index (χ1) is 13.6. The topological polar surface area (TPSA) is 44.8 Å². The second kappa shape index (κ2) is 15.7. The molecule has 0 amide bonds. The van der Waals surface area contributed by atoms with Gasteiger partial charge in [-0.2, -0.15) is 0 Å². The van der Waals surface area contributed by atoms with Crippen LogP contribution in [0, 0.1) is 0 Å². The molecular formula is C22H32Cl2O4. The van der Waals surface area contributed by atoms with Gasteiger partial charge < -0.3 is 19.0 Å². The van der Waals surface area contributed by atoms with Crippen LogP contribution in [0.4, 0.5) is 0 Å². The molecule has 0 saturated carbocycles. The van der Waals surface area contributed by atoms with Crippen LogP contribution in [0.1, 0.15) is 57.1 Å². The average Bonchev–Trinajstić information content (AvgIpc) is 2.69. The molecule has 0 unspecified atom stereocenters. The lowest BCUT2D eigenvalue weighted by Crippen LogP contribution is -2.05. The smallest absolute Gasteiger partial charge is 0.125 e. The summed E-state index contributed by atoms with van der Waals surface area (Å²) in [5.74, 6) is 1.79. The third-order valence-corrected chi connectivity index (χ3v) is 4.58. The number of rotatable bonds is 16. The Morgan fingerprint density at radius 3 is 2.14 bits per heavy atom. The predicted molar refractivity (Wildman–Crippen MR) is 116 cm³/mol. The Morgan fingerprint density at radius 1 is 0.929 bits per heavy atom. The summed E-state index contributed by atoms with van der Waals surface area (Å²) in [5.41, 5.74) is 2.30. The number of carbonyl (C=O) groups excluding carboxylic acids is 1. The van der Waals surface area contributed by atoms with E-state index in [9.17, 15) is 4.79 Å². The van der Waals surface area contributed by atoms with Crippen molar-refractivity contribution in [2.45, 2.75) is 58.8 Å². The van der Waals surface area contributed by atoms with Crippen molar-refractivity contribution in [1.29, 1.82) is 0 Å². The van der Waals surface area contributed by atoms with Crippen molar-refractivity contribution >= 4 is 29.5 Å². The summed E-state index contributed by atoms with van der Waals surface area (Å²) in [6.07, 6.45) is 8.99. The standard InChI is InChI=1S/C22H32Cl2O4/c1-3-18-16-20(27-15-10-21(23)24)17-19(4-2)22(18)28-14-8-6-5-7-12-26-13-9-11-25/h10-11,16-17H,3-9,12-15H2,1-2H3. The van der Waals surface area contributed by atoms with Crippen LogP contribution in [0.15, 0.2) is 22.7 Å². The van der Waals surface area contributed by atoms with Crippen LogP contribution >= 0.6 is 23.2 Å². The van der Waals surface area contributed by atoms with Gasteiger partial charge in [-0.25, -0.2) is 0 Å². The van der Waals surface area contributed by atoms with E-state index in [1.54, 1.807) is 6.08 Å². The van der Waals surface area contributed by atoms with Crippen LogP contribution in [0.2, 0.25) is 0 Å². The van der Waals surface area contributed by atoms with Gasteiger partial charge in [0, 0.05) is 13.0 Å². The number of benzene rings is 1. The summed E-state index contributed by atoms with van der Waals surface area (Å²) in [4.78, 5) is 10.2. The number of hydrogen-bond donors (Lipinski definition) is 0. The van der Waals surface area contributed by atoms with Crippen LogP contribution in [-0.2, 0) is 22.4 Å². The van der Waals surface area contributed by atoms with Gasteiger partial charge in [-0.05, 0) is 61.4 Å². The van der Waals surface area contributed by atoms with Gasteiger partial charge in [0.1, 0.15) is 28.9 Å². The van der Waals surface area contributed by atoms with E-state index in [0.717, 1.165) is 74.0 Å². The molecule has 0 atom stereocenters. The number of hydrogen-bond acceptors (Lipinski definition) is 4. The third kappa shape index (κ3) is 10.4. The van der Waals surface area contributed by atoms with Crippen molar-refractivity contribution in [1.82, 2.24) is 0 Å². The molecule has 28 heavy (non-hydrogen) atoms. The molecule has 0 saturated heterocycles. The molecule has 1 aromatic carbocycles. The van der Waals surface area contributed by atoms with E-state index in [-0.39, 0.29) is 4.49 Å². The lowest BCUT2D eigenvalue weighted by atomic mass is 10.0. The molecule has 0 aliphatic rings. The molecule has 0 heterocycles. The van der Waals surface area contributed by atoms with Gasteiger partial charge in [-0.15, -0.1) is 0 Å². The molecule has 0 aromatic heterocycles. The predicted octanol–water partition coefficient (Wildman–Crippen LogP) is 6.05. The highest BCUT2D eigenvalue weighted by Gasteiger charge is 2.11. The van der Waals surface area contributed by atoms with Crippen LogP contribution in [0.25, 0.3) is 0 Å². The number of ether oxygens (including phenoxy) is 3. The summed E-state index contributed by atoms with van der Waals surface area (Å²) < 4.78 is 17.4. The van der Waals surface area contributed by atoms with E-state index in [0.29, 0.717) is 26.2 Å². The summed E-state index contributed by atoms with van der Waals surface area (Å²) in [6.45, 7) is 6.53. The van der Waals surface area contributed by atoms with Crippen LogP contribution < -0.4 is 9.47 Å². The maximum atomic E-state index is 10.2. The zero-order chi connectivity index (χ0) is 20.6. The summed E-state index contributed by atoms with van der Waals surface area (Å²) in [7, 11) is 0. The minimum atomic E-state index is 0.207. The Kier molecular flexibility index (Phi) is 13.9. The molecule has 4 nitrogen and oxygen atoms in total. The normalized spacial score (nSPS) is 10.6. The quantitative estimate of drug-likeness (QED) is 0.236. The minimum absolute atomic E-state index is 0.207. The summed E-state index contributed by atoms with van der Waals surface area (Å²) in [6, 6.07) is 4.06. The van der Waals surface area contributed by atoms with Crippen LogP contribution in [-0.4, -0.2) is 32.7 Å². The van der Waals surface area contributed by atoms with Crippen molar-refractivity contribution in [2.75, 3.05) is 26.4 Å². The Balaban J connectivity index is 2.44. The molecule has 0 bridgehead atoms. The molecule has 0 fully saturated rings. The van der Waals surface area contributed by atoms with Gasteiger partial charge in [0.25, 0.3) is 0 Å². The Labute approximate surface area is 179 Å². The highest BCUT2D eigenvalue weighted by atomic mass is 35.5. The van der Waals surface area contributed by atoms with Gasteiger partial charge in [0.2, 0.25) is 0 Å². The first-order valence-electron chi connectivity index (χ1n) is 10.1. The Hall–Kier alpha value is -1.23. The zero-order valence-electron chi connectivity index (χ0n) is 17.0. The first-order valence-corrected chi connectivity index (χ1v) is 10.8. The van der Waals surface area contributed by atoms with Crippen molar-refractivity contribution in [2.24, 2.45) is 0 Å². The van der Waals surface area contributed by atoms with E-state index < -0.39 is 0 Å². The number of halogens is 2. The van der Waals surface area contributed by atoms with Gasteiger partial charge in [0.15, 0.2) is 0 Å². The molecule has 1 rings (SSSR count). The molecule has 0 N–H and O–H groups in total. The monoisotopic (exact) mass is 430 g/mol. The molecule has 0 aliphatic heterocycles. The number of aldehydes is 1. The van der Waals surface area contributed by atoms with Crippen molar-refractivity contribution in [3.63, 3.8) is 0 Å². The third-order valence-electron chi connectivity index (χ3n) is 4.28. The molecule has 1 aromatic rings. The Bertz CT molecular complexity index is 573. The van der Waals surface area contributed by atoms with Crippen molar-refractivity contribution < 1.29 is 19.0 Å². The highest BCUT2D eigenvalue weighted by Crippen LogP contribution is 2.31. The second-order valence-corrected chi connectivity index (χ2v) is 7.42. The fourth-order valence-electron chi connectivity index (χ4n) is 2.78. The van der Waals surface area contributed by atoms with Crippen molar-refractivity contribution in [3.8, 4) is 11.5 Å². The molecule has 0 aliphatic carbocycles. The fraction of sp³-hybridized carbons (Fsp3) is 0.591. The molecule has 6 heteroatoms. The lowest BCUT2D eigenvalue weighted by molar-refractivity contribution is -0.108. The van der Waals surface area contributed by atoms with Gasteiger partial charge in [0.05, 0.1) is 13.2 Å². The Morgan fingerprint density at radius 2 is 1.57 bits per heavy atom. The first kappa shape index (κ1) is 24.8. The van der Waals surface area contributed by atoms with E-state index in [1.165, 1.54) is 0 Å². The maximum Gasteiger partial charge on any atom is 0.125 e. The number of carbonyl (C=O) groups is 1. The van der Waals surface area contributed by atoms with Crippen molar-refractivity contribution in [3.05, 3.63) is 33.8 Å². The van der Waals surface area contributed by atoms with E-state index in [1.807, 2.05) is 12.1 Å². The maximum absolute atomic E-state index is 10.2. The molecule has 0 radical (unpaired) electrons. The number of unbranched alkanes of at least 4 members (excludes halogenated alkanes) is 3. The highest BCUT2D eigenvalue weighted by molar-refractivity contribution is 6.55. The largest absolute Gasteiger partial charge is 0.493 e. The number of aryl methyl sites for hydroxylation is 2. The van der Waals surface area contributed by atoms with Gasteiger partial charge in [-0.3, -0.25) is 0 Å². The second-order valence-electron chi connectivity index (χ2n) is 6.41. The molecule has 158 valence electrons. The lowest BCUT2D eigenvalue weighted by Gasteiger charge is -2.17. The van der Waals surface area contributed by atoms with Crippen LogP contribution in [0.5, 0.6) is 11.5 Å². The fourth-order valence-corrected chi connectivity index (χ4v) is 2.91. The van der Waals surface area contributed by atoms with Gasteiger partial charge in [-0.1, -0.05) is 43.5 Å². The van der Waals surface area contributed by atoms with Crippen LogP contribution in [0.3, 0.4) is 0 Å². The minimum Gasteiger partial charge on any atom is -0.493 e. The molecular weight excluding hydrogens is 399 g/mol. The van der Waals surface area contributed by atoms with E-state index in [2.05, 4.69) is 13.8 Å². The zero-order valence-corrected chi connectivity index (χ0v) is 18.5. The van der Waals surface area contributed by atoms with E-state index >= 15 is 0 Å². The summed E-state index contributed by atoms with van der Waals surface area (Å²) in [5, 5.41) is 0.